The summed E-state index contributed by atoms with van der Waals surface area (Å²) in [4.78, 5) is 0.274. The number of aliphatic hydroxyl groups excluding tert-OH is 1. The van der Waals surface area contributed by atoms with E-state index in [4.69, 9.17) is 0 Å². The standard InChI is InChI=1S/C16H19NO3S/c1-11-4-5-13(3)16(8-11)21(19,20)17-15-9-14(10-18)7-6-12(15)2/h4-9,17-18H,10H2,1-3H3. The third-order valence-corrected chi connectivity index (χ3v) is 4.87. The number of nitrogens with one attached hydrogen (secondary N) is 1. The summed E-state index contributed by atoms with van der Waals surface area (Å²) in [5.74, 6) is 0. The zero-order valence-electron chi connectivity index (χ0n) is 12.3. The molecular weight excluding hydrogens is 286 g/mol. The molecule has 0 spiro atoms. The van der Waals surface area contributed by atoms with Crippen LogP contribution in [0, 0.1) is 20.8 Å². The lowest BCUT2D eigenvalue weighted by atomic mass is 10.1. The molecule has 2 N–H and O–H groups in total. The van der Waals surface area contributed by atoms with E-state index in [1.54, 1.807) is 37.3 Å². The van der Waals surface area contributed by atoms with Gasteiger partial charge in [0.05, 0.1) is 17.2 Å². The van der Waals surface area contributed by atoms with Crippen molar-refractivity contribution in [3.63, 3.8) is 0 Å². The van der Waals surface area contributed by atoms with E-state index < -0.39 is 10.0 Å². The normalized spacial score (nSPS) is 11.4. The molecule has 5 heteroatoms. The van der Waals surface area contributed by atoms with Gasteiger partial charge in [-0.25, -0.2) is 8.42 Å². The summed E-state index contributed by atoms with van der Waals surface area (Å²) >= 11 is 0. The SMILES string of the molecule is Cc1ccc(C)c(S(=O)(=O)Nc2cc(CO)ccc2C)c1. The van der Waals surface area contributed by atoms with Crippen LogP contribution in [0.1, 0.15) is 22.3 Å². The van der Waals surface area contributed by atoms with Crippen molar-refractivity contribution in [3.8, 4) is 0 Å². The highest BCUT2D eigenvalue weighted by molar-refractivity contribution is 7.92. The summed E-state index contributed by atoms with van der Waals surface area (Å²) in [6.07, 6.45) is 0. The number of benzene rings is 2. The fourth-order valence-electron chi connectivity index (χ4n) is 2.07. The van der Waals surface area contributed by atoms with Crippen molar-refractivity contribution in [2.45, 2.75) is 32.3 Å². The Morgan fingerprint density at radius 3 is 2.33 bits per heavy atom. The summed E-state index contributed by atoms with van der Waals surface area (Å²) < 4.78 is 27.7. The average molecular weight is 305 g/mol. The molecule has 0 aliphatic carbocycles. The second-order valence-corrected chi connectivity index (χ2v) is 6.83. The predicted molar refractivity (Wildman–Crippen MR) is 83.8 cm³/mol. The quantitative estimate of drug-likeness (QED) is 0.912. The Hall–Kier alpha value is -1.85. The van der Waals surface area contributed by atoms with Crippen molar-refractivity contribution in [1.82, 2.24) is 0 Å². The van der Waals surface area contributed by atoms with E-state index >= 15 is 0 Å². The van der Waals surface area contributed by atoms with Crippen molar-refractivity contribution in [1.29, 1.82) is 0 Å². The molecule has 0 heterocycles. The maximum Gasteiger partial charge on any atom is 0.262 e. The average Bonchev–Trinajstić information content (AvgIpc) is 2.43. The third kappa shape index (κ3) is 3.43. The van der Waals surface area contributed by atoms with Gasteiger partial charge in [0, 0.05) is 0 Å². The minimum absolute atomic E-state index is 0.127. The number of anilines is 1. The first-order valence-corrected chi connectivity index (χ1v) is 8.12. The van der Waals surface area contributed by atoms with Gasteiger partial charge >= 0.3 is 0 Å². The van der Waals surface area contributed by atoms with Crippen LogP contribution >= 0.6 is 0 Å². The molecule has 4 nitrogen and oxygen atoms in total. The van der Waals surface area contributed by atoms with Gasteiger partial charge < -0.3 is 5.11 Å². The van der Waals surface area contributed by atoms with Crippen LogP contribution in [0.25, 0.3) is 0 Å². The van der Waals surface area contributed by atoms with Gasteiger partial charge in [-0.15, -0.1) is 0 Å². The molecule has 0 saturated heterocycles. The molecule has 0 fully saturated rings. The topological polar surface area (TPSA) is 66.4 Å². The molecule has 0 radical (unpaired) electrons. The van der Waals surface area contributed by atoms with Crippen LogP contribution in [0.3, 0.4) is 0 Å². The van der Waals surface area contributed by atoms with Crippen molar-refractivity contribution in [2.75, 3.05) is 4.72 Å². The first-order valence-electron chi connectivity index (χ1n) is 6.64. The molecule has 0 aliphatic rings. The Morgan fingerprint density at radius 1 is 1.00 bits per heavy atom. The van der Waals surface area contributed by atoms with Gasteiger partial charge in [0.25, 0.3) is 10.0 Å². The lowest BCUT2D eigenvalue weighted by Crippen LogP contribution is -2.15. The molecule has 2 aromatic rings. The number of aliphatic hydroxyl groups is 1. The van der Waals surface area contributed by atoms with Crippen LogP contribution in [-0.4, -0.2) is 13.5 Å². The van der Waals surface area contributed by atoms with Gasteiger partial charge in [0.1, 0.15) is 0 Å². The molecule has 0 atom stereocenters. The van der Waals surface area contributed by atoms with Crippen LogP contribution in [0.5, 0.6) is 0 Å². The van der Waals surface area contributed by atoms with Crippen LogP contribution in [-0.2, 0) is 16.6 Å². The van der Waals surface area contributed by atoms with Gasteiger partial charge in [-0.3, -0.25) is 4.72 Å². The van der Waals surface area contributed by atoms with E-state index in [-0.39, 0.29) is 11.5 Å². The predicted octanol–water partition coefficient (Wildman–Crippen LogP) is 2.90. The van der Waals surface area contributed by atoms with Crippen molar-refractivity contribution in [3.05, 3.63) is 58.7 Å². The highest BCUT2D eigenvalue weighted by Crippen LogP contribution is 2.23. The van der Waals surface area contributed by atoms with Crippen LogP contribution in [0.2, 0.25) is 0 Å². The van der Waals surface area contributed by atoms with Gasteiger partial charge in [-0.2, -0.15) is 0 Å². The van der Waals surface area contributed by atoms with Crippen LogP contribution in [0.15, 0.2) is 41.3 Å². The number of rotatable bonds is 4. The van der Waals surface area contributed by atoms with Crippen molar-refractivity contribution in [2.24, 2.45) is 0 Å². The summed E-state index contributed by atoms with van der Waals surface area (Å²) in [6.45, 7) is 5.32. The summed E-state index contributed by atoms with van der Waals surface area (Å²) in [5, 5.41) is 9.17. The van der Waals surface area contributed by atoms with E-state index in [0.29, 0.717) is 16.8 Å². The zero-order valence-corrected chi connectivity index (χ0v) is 13.2. The van der Waals surface area contributed by atoms with Crippen LogP contribution in [0.4, 0.5) is 5.69 Å². The zero-order chi connectivity index (χ0) is 15.6. The first kappa shape index (κ1) is 15.5. The van der Waals surface area contributed by atoms with E-state index in [1.807, 2.05) is 19.9 Å². The van der Waals surface area contributed by atoms with Gasteiger partial charge in [-0.1, -0.05) is 24.3 Å². The molecule has 0 aromatic heterocycles. The largest absolute Gasteiger partial charge is 0.392 e. The van der Waals surface area contributed by atoms with E-state index in [0.717, 1.165) is 11.1 Å². The van der Waals surface area contributed by atoms with Crippen molar-refractivity contribution >= 4 is 15.7 Å². The fraction of sp³-hybridized carbons (Fsp3) is 0.250. The minimum Gasteiger partial charge on any atom is -0.392 e. The molecule has 112 valence electrons. The van der Waals surface area contributed by atoms with E-state index in [1.165, 1.54) is 0 Å². The summed E-state index contributed by atoms with van der Waals surface area (Å²) in [5.41, 5.74) is 3.55. The maximum atomic E-state index is 12.6. The molecule has 0 saturated carbocycles. The summed E-state index contributed by atoms with van der Waals surface area (Å²) in [7, 11) is -3.65. The highest BCUT2D eigenvalue weighted by Gasteiger charge is 2.18. The molecule has 0 unspecified atom stereocenters. The number of hydrogen-bond donors (Lipinski definition) is 2. The number of hydrogen-bond acceptors (Lipinski definition) is 3. The molecule has 0 aliphatic heterocycles. The highest BCUT2D eigenvalue weighted by atomic mass is 32.2. The van der Waals surface area contributed by atoms with Gasteiger partial charge in [-0.05, 0) is 55.2 Å². The fourth-order valence-corrected chi connectivity index (χ4v) is 3.53. The number of aryl methyl sites for hydroxylation is 3. The third-order valence-electron chi connectivity index (χ3n) is 3.36. The lowest BCUT2D eigenvalue weighted by Gasteiger charge is -2.13. The Labute approximate surface area is 125 Å². The lowest BCUT2D eigenvalue weighted by molar-refractivity contribution is 0.282. The van der Waals surface area contributed by atoms with Crippen molar-refractivity contribution < 1.29 is 13.5 Å². The Bertz CT molecular complexity index is 767. The second-order valence-electron chi connectivity index (χ2n) is 5.18. The van der Waals surface area contributed by atoms with E-state index in [2.05, 4.69) is 4.72 Å². The summed E-state index contributed by atoms with van der Waals surface area (Å²) in [6, 6.07) is 10.5. The van der Waals surface area contributed by atoms with E-state index in [9.17, 15) is 13.5 Å². The first-order chi connectivity index (χ1) is 9.83. The maximum absolute atomic E-state index is 12.6. The van der Waals surface area contributed by atoms with Gasteiger partial charge in [0.2, 0.25) is 0 Å². The smallest absolute Gasteiger partial charge is 0.262 e. The Kier molecular flexibility index (Phi) is 4.34. The minimum atomic E-state index is -3.65. The van der Waals surface area contributed by atoms with Crippen LogP contribution < -0.4 is 4.72 Å². The molecule has 0 amide bonds. The Balaban J connectivity index is 2.44. The molecule has 21 heavy (non-hydrogen) atoms. The molecular formula is C16H19NO3S. The molecule has 2 aromatic carbocycles. The second kappa shape index (κ2) is 5.87. The van der Waals surface area contributed by atoms with Gasteiger partial charge in [0.15, 0.2) is 0 Å². The molecule has 0 bridgehead atoms. The monoisotopic (exact) mass is 305 g/mol. The Morgan fingerprint density at radius 2 is 1.67 bits per heavy atom. The molecule has 2 rings (SSSR count). The number of sulfonamides is 1.